The van der Waals surface area contributed by atoms with Crippen molar-refractivity contribution in [2.24, 2.45) is 0 Å². The number of amides is 1. The number of piperidine rings is 1. The van der Waals surface area contributed by atoms with Gasteiger partial charge >= 0.3 is 0 Å². The van der Waals surface area contributed by atoms with Crippen LogP contribution in [-0.4, -0.2) is 71.1 Å². The summed E-state index contributed by atoms with van der Waals surface area (Å²) in [5, 5.41) is 0. The predicted octanol–water partition coefficient (Wildman–Crippen LogP) is 4.19. The number of methoxy groups -OCH3 is 1. The van der Waals surface area contributed by atoms with Crippen molar-refractivity contribution in [3.8, 4) is 0 Å². The molecule has 6 nitrogen and oxygen atoms in total. The minimum atomic E-state index is 0.0466. The molecule has 1 aromatic heterocycles. The number of rotatable bonds is 6. The van der Waals surface area contributed by atoms with Crippen LogP contribution in [-0.2, 0) is 23.0 Å². The molecule has 0 bridgehead atoms. The molecule has 184 valence electrons. The van der Waals surface area contributed by atoms with Crippen molar-refractivity contribution in [2.75, 3.05) is 33.3 Å². The minimum absolute atomic E-state index is 0.0466. The molecular formula is C28H40N4O2. The van der Waals surface area contributed by atoms with E-state index in [-0.39, 0.29) is 11.3 Å². The quantitative estimate of drug-likeness (QED) is 0.642. The van der Waals surface area contributed by atoms with Gasteiger partial charge < -0.3 is 9.64 Å². The van der Waals surface area contributed by atoms with E-state index in [4.69, 9.17) is 4.74 Å². The first-order chi connectivity index (χ1) is 16.3. The number of nitrogens with zero attached hydrogens (tertiary/aromatic N) is 4. The molecule has 1 amide bonds. The maximum Gasteiger partial charge on any atom is 0.272 e. The van der Waals surface area contributed by atoms with Crippen LogP contribution in [0.4, 0.5) is 0 Å². The van der Waals surface area contributed by atoms with Gasteiger partial charge in [-0.05, 0) is 55.6 Å². The third-order valence-electron chi connectivity index (χ3n) is 7.64. The lowest BCUT2D eigenvalue weighted by Crippen LogP contribution is -2.46. The van der Waals surface area contributed by atoms with Crippen LogP contribution in [0, 0.1) is 6.92 Å². The summed E-state index contributed by atoms with van der Waals surface area (Å²) in [6.45, 7) is 12.4. The Morgan fingerprint density at radius 2 is 1.74 bits per heavy atom. The summed E-state index contributed by atoms with van der Waals surface area (Å²) in [5.74, 6) is 0.0466. The average Bonchev–Trinajstić information content (AvgIpc) is 3.32. The van der Waals surface area contributed by atoms with Gasteiger partial charge in [-0.25, -0.2) is 9.97 Å². The van der Waals surface area contributed by atoms with Crippen LogP contribution in [0.2, 0.25) is 0 Å². The first-order valence-corrected chi connectivity index (χ1v) is 12.7. The van der Waals surface area contributed by atoms with Crippen molar-refractivity contribution >= 4 is 5.91 Å². The number of aryl methyl sites for hydroxylation is 2. The fraction of sp³-hybridized carbons (Fsp3) is 0.607. The van der Waals surface area contributed by atoms with E-state index in [0.717, 1.165) is 69.5 Å². The zero-order valence-electron chi connectivity index (χ0n) is 21.5. The zero-order chi connectivity index (χ0) is 24.3. The standard InChI is InChI=1S/C28H40N4O2/c1-20-25(11-8-21-6-9-22(10-7-21)28(2,3)4)29-19-30-26(20)27(33)31-15-12-23(13-16-31)32-17-14-24(18-32)34-5/h6-7,9-10,19,23-24H,8,11-18H2,1-5H3/t24-/m1/s1. The lowest BCUT2D eigenvalue weighted by molar-refractivity contribution is 0.0597. The Balaban J connectivity index is 1.35. The van der Waals surface area contributed by atoms with E-state index in [0.29, 0.717) is 17.8 Å². The Kier molecular flexibility index (Phi) is 7.68. The molecule has 6 heteroatoms. The molecule has 3 heterocycles. The second-order valence-corrected chi connectivity index (χ2v) is 10.9. The molecule has 2 aromatic rings. The van der Waals surface area contributed by atoms with Crippen molar-refractivity contribution in [3.63, 3.8) is 0 Å². The van der Waals surface area contributed by atoms with Gasteiger partial charge in [0.2, 0.25) is 0 Å². The van der Waals surface area contributed by atoms with Crippen LogP contribution >= 0.6 is 0 Å². The van der Waals surface area contributed by atoms with E-state index in [2.05, 4.69) is 59.9 Å². The summed E-state index contributed by atoms with van der Waals surface area (Å²) in [6, 6.07) is 9.41. The molecule has 2 saturated heterocycles. The highest BCUT2D eigenvalue weighted by Crippen LogP contribution is 2.25. The van der Waals surface area contributed by atoms with Crippen molar-refractivity contribution in [3.05, 3.63) is 58.7 Å². The van der Waals surface area contributed by atoms with Crippen LogP contribution in [0.25, 0.3) is 0 Å². The Hall–Kier alpha value is -2.31. The van der Waals surface area contributed by atoms with Crippen molar-refractivity contribution in [1.82, 2.24) is 19.8 Å². The average molecular weight is 465 g/mol. The molecule has 0 N–H and O–H groups in total. The summed E-state index contributed by atoms with van der Waals surface area (Å²) in [4.78, 5) is 26.7. The van der Waals surface area contributed by atoms with E-state index in [9.17, 15) is 4.79 Å². The fourth-order valence-corrected chi connectivity index (χ4v) is 5.25. The summed E-state index contributed by atoms with van der Waals surface area (Å²) >= 11 is 0. The maximum absolute atomic E-state index is 13.3. The molecule has 0 aliphatic carbocycles. The SMILES string of the molecule is CO[C@@H]1CCN(C2CCN(C(=O)c3ncnc(CCc4ccc(C(C)(C)C)cc4)c3C)CC2)C1. The van der Waals surface area contributed by atoms with Crippen LogP contribution in [0.15, 0.2) is 30.6 Å². The van der Waals surface area contributed by atoms with E-state index in [1.54, 1.807) is 13.4 Å². The molecule has 1 atom stereocenters. The fourth-order valence-electron chi connectivity index (χ4n) is 5.25. The number of hydrogen-bond acceptors (Lipinski definition) is 5. The lowest BCUT2D eigenvalue weighted by atomic mass is 9.86. The van der Waals surface area contributed by atoms with Gasteiger partial charge in [-0.1, -0.05) is 45.0 Å². The van der Waals surface area contributed by atoms with Crippen LogP contribution in [0.5, 0.6) is 0 Å². The van der Waals surface area contributed by atoms with Gasteiger partial charge in [-0.2, -0.15) is 0 Å². The molecule has 2 aliphatic heterocycles. The third-order valence-corrected chi connectivity index (χ3v) is 7.64. The van der Waals surface area contributed by atoms with E-state index in [1.165, 1.54) is 11.1 Å². The molecule has 0 radical (unpaired) electrons. The monoisotopic (exact) mass is 464 g/mol. The first kappa shape index (κ1) is 24.8. The highest BCUT2D eigenvalue weighted by molar-refractivity contribution is 5.93. The van der Waals surface area contributed by atoms with Gasteiger partial charge in [0.1, 0.15) is 12.0 Å². The van der Waals surface area contributed by atoms with Gasteiger partial charge in [0.25, 0.3) is 5.91 Å². The third kappa shape index (κ3) is 5.66. The number of benzene rings is 1. The number of likely N-dealkylation sites (tertiary alicyclic amines) is 2. The second-order valence-electron chi connectivity index (χ2n) is 10.9. The van der Waals surface area contributed by atoms with E-state index < -0.39 is 0 Å². The number of ether oxygens (including phenoxy) is 1. The van der Waals surface area contributed by atoms with Gasteiger partial charge in [-0.3, -0.25) is 9.69 Å². The largest absolute Gasteiger partial charge is 0.380 e. The molecule has 1 aromatic carbocycles. The highest BCUT2D eigenvalue weighted by Gasteiger charge is 2.32. The Morgan fingerprint density at radius 3 is 2.35 bits per heavy atom. The maximum atomic E-state index is 13.3. The molecule has 0 spiro atoms. The topological polar surface area (TPSA) is 58.6 Å². The van der Waals surface area contributed by atoms with Gasteiger partial charge in [0.05, 0.1) is 6.10 Å². The predicted molar refractivity (Wildman–Crippen MR) is 135 cm³/mol. The zero-order valence-corrected chi connectivity index (χ0v) is 21.5. The smallest absolute Gasteiger partial charge is 0.272 e. The van der Waals surface area contributed by atoms with Crippen LogP contribution < -0.4 is 0 Å². The Morgan fingerprint density at radius 1 is 1.03 bits per heavy atom. The highest BCUT2D eigenvalue weighted by atomic mass is 16.5. The van der Waals surface area contributed by atoms with Crippen molar-refractivity contribution in [1.29, 1.82) is 0 Å². The van der Waals surface area contributed by atoms with Crippen molar-refractivity contribution in [2.45, 2.75) is 77.4 Å². The van der Waals surface area contributed by atoms with Crippen LogP contribution in [0.3, 0.4) is 0 Å². The Bertz CT molecular complexity index is 975. The van der Waals surface area contributed by atoms with E-state index in [1.807, 2.05) is 11.8 Å². The lowest BCUT2D eigenvalue weighted by Gasteiger charge is -2.36. The summed E-state index contributed by atoms with van der Waals surface area (Å²) < 4.78 is 5.52. The number of aromatic nitrogens is 2. The summed E-state index contributed by atoms with van der Waals surface area (Å²) in [7, 11) is 1.80. The number of hydrogen-bond donors (Lipinski definition) is 0. The molecule has 0 unspecified atom stereocenters. The molecule has 4 rings (SSSR count). The molecular weight excluding hydrogens is 424 g/mol. The summed E-state index contributed by atoms with van der Waals surface area (Å²) in [5.41, 5.74) is 5.24. The van der Waals surface area contributed by atoms with Gasteiger partial charge in [0, 0.05) is 50.6 Å². The molecule has 2 aliphatic rings. The molecule has 34 heavy (non-hydrogen) atoms. The molecule has 2 fully saturated rings. The molecule has 0 saturated carbocycles. The number of carbonyl (C=O) groups excluding carboxylic acids is 1. The van der Waals surface area contributed by atoms with Crippen LogP contribution in [0.1, 0.15) is 72.9 Å². The minimum Gasteiger partial charge on any atom is -0.380 e. The summed E-state index contributed by atoms with van der Waals surface area (Å²) in [6.07, 6.45) is 6.77. The van der Waals surface area contributed by atoms with Gasteiger partial charge in [-0.15, -0.1) is 0 Å². The first-order valence-electron chi connectivity index (χ1n) is 12.7. The second kappa shape index (κ2) is 10.5. The van der Waals surface area contributed by atoms with Gasteiger partial charge in [0.15, 0.2) is 0 Å². The van der Waals surface area contributed by atoms with E-state index >= 15 is 0 Å². The van der Waals surface area contributed by atoms with Crippen molar-refractivity contribution < 1.29 is 9.53 Å². The normalized spacial score (nSPS) is 20.1. The number of carbonyl (C=O) groups is 1. The Labute approximate surface area is 204 Å².